The summed E-state index contributed by atoms with van der Waals surface area (Å²) in [6, 6.07) is 6.56. The molecule has 6 heteroatoms. The molecule has 2 heterocycles. The van der Waals surface area contributed by atoms with E-state index in [4.69, 9.17) is 14.2 Å². The Morgan fingerprint density at radius 1 is 1.13 bits per heavy atom. The third-order valence-corrected chi connectivity index (χ3v) is 4.03. The predicted molar refractivity (Wildman–Crippen MR) is 84.5 cm³/mol. The van der Waals surface area contributed by atoms with Gasteiger partial charge in [0.25, 0.3) is 0 Å². The van der Waals surface area contributed by atoms with Crippen LogP contribution in [0, 0.1) is 5.82 Å². The molecule has 1 atom stereocenters. The van der Waals surface area contributed by atoms with E-state index in [1.54, 1.807) is 26.5 Å². The Hall–Kier alpha value is -2.34. The summed E-state index contributed by atoms with van der Waals surface area (Å²) in [5.74, 6) is 0.723. The molecule has 3 rings (SSSR count). The Kier molecular flexibility index (Phi) is 4.34. The fraction of sp³-hybridized carbons (Fsp3) is 0.353. The standard InChI is InChI=1S/C17H19FN2O3/c1-21-14-8-12(18)7-13(9-14)20-5-4-11-6-16(22-2)19-10-15(11)17(20)23-3/h6-10,17H,4-5H2,1-3H3. The monoisotopic (exact) mass is 318 g/mol. The zero-order valence-corrected chi connectivity index (χ0v) is 13.4. The van der Waals surface area contributed by atoms with Crippen molar-refractivity contribution in [3.63, 3.8) is 0 Å². The summed E-state index contributed by atoms with van der Waals surface area (Å²) in [5.41, 5.74) is 2.81. The number of anilines is 1. The topological polar surface area (TPSA) is 43.8 Å². The van der Waals surface area contributed by atoms with Crippen molar-refractivity contribution in [3.05, 3.63) is 47.4 Å². The second-order valence-corrected chi connectivity index (χ2v) is 5.31. The molecule has 0 aliphatic carbocycles. The Morgan fingerprint density at radius 3 is 2.65 bits per heavy atom. The van der Waals surface area contributed by atoms with Gasteiger partial charge in [-0.1, -0.05) is 0 Å². The molecule has 122 valence electrons. The molecule has 0 fully saturated rings. The van der Waals surface area contributed by atoms with E-state index in [2.05, 4.69) is 4.98 Å². The minimum atomic E-state index is -0.340. The lowest BCUT2D eigenvalue weighted by atomic mass is 9.99. The summed E-state index contributed by atoms with van der Waals surface area (Å²) in [7, 11) is 4.75. The number of fused-ring (bicyclic) bond motifs is 1. The molecule has 1 aliphatic rings. The van der Waals surface area contributed by atoms with Crippen LogP contribution in [0.3, 0.4) is 0 Å². The van der Waals surface area contributed by atoms with Crippen molar-refractivity contribution in [2.24, 2.45) is 0 Å². The quantitative estimate of drug-likeness (QED) is 0.867. The number of hydrogen-bond acceptors (Lipinski definition) is 5. The number of methoxy groups -OCH3 is 3. The lowest BCUT2D eigenvalue weighted by molar-refractivity contribution is 0.0938. The number of rotatable bonds is 4. The highest BCUT2D eigenvalue weighted by Crippen LogP contribution is 2.36. The highest BCUT2D eigenvalue weighted by atomic mass is 19.1. The highest BCUT2D eigenvalue weighted by Gasteiger charge is 2.29. The maximum absolute atomic E-state index is 13.8. The summed E-state index contributed by atoms with van der Waals surface area (Å²) in [6.45, 7) is 0.700. The van der Waals surface area contributed by atoms with Crippen molar-refractivity contribution in [1.29, 1.82) is 0 Å². The third-order valence-electron chi connectivity index (χ3n) is 4.03. The van der Waals surface area contributed by atoms with Crippen molar-refractivity contribution in [3.8, 4) is 11.6 Å². The SMILES string of the molecule is COc1cc(F)cc(N2CCc3cc(OC)ncc3C2OC)c1. The molecule has 1 aromatic carbocycles. The number of ether oxygens (including phenoxy) is 3. The van der Waals surface area contributed by atoms with Crippen LogP contribution in [0.15, 0.2) is 30.5 Å². The van der Waals surface area contributed by atoms with Gasteiger partial charge in [0.1, 0.15) is 11.6 Å². The van der Waals surface area contributed by atoms with Gasteiger partial charge in [-0.25, -0.2) is 9.37 Å². The zero-order chi connectivity index (χ0) is 16.4. The molecule has 1 aromatic heterocycles. The van der Waals surface area contributed by atoms with Crippen LogP contribution in [-0.2, 0) is 11.2 Å². The van der Waals surface area contributed by atoms with Gasteiger partial charge in [0.05, 0.1) is 14.2 Å². The van der Waals surface area contributed by atoms with Gasteiger partial charge in [-0.2, -0.15) is 0 Å². The van der Waals surface area contributed by atoms with Crippen LogP contribution in [-0.4, -0.2) is 32.9 Å². The fourth-order valence-corrected chi connectivity index (χ4v) is 2.91. The molecule has 0 bridgehead atoms. The Labute approximate surface area is 134 Å². The predicted octanol–water partition coefficient (Wildman–Crippen LogP) is 2.95. The zero-order valence-electron chi connectivity index (χ0n) is 13.4. The van der Waals surface area contributed by atoms with Crippen molar-refractivity contribution < 1.29 is 18.6 Å². The van der Waals surface area contributed by atoms with Gasteiger partial charge in [-0.05, 0) is 18.1 Å². The van der Waals surface area contributed by atoms with Crippen LogP contribution in [0.4, 0.5) is 10.1 Å². The largest absolute Gasteiger partial charge is 0.497 e. The molecule has 1 unspecified atom stereocenters. The van der Waals surface area contributed by atoms with E-state index < -0.39 is 0 Å². The molecule has 5 nitrogen and oxygen atoms in total. The first-order chi connectivity index (χ1) is 11.2. The Bertz CT molecular complexity index is 708. The second kappa shape index (κ2) is 6.42. The number of halogens is 1. The molecular formula is C17H19FN2O3. The smallest absolute Gasteiger partial charge is 0.213 e. The van der Waals surface area contributed by atoms with E-state index in [1.807, 2.05) is 11.0 Å². The minimum Gasteiger partial charge on any atom is -0.497 e. The Balaban J connectivity index is 1.99. The lowest BCUT2D eigenvalue weighted by Crippen LogP contribution is -2.36. The van der Waals surface area contributed by atoms with E-state index in [-0.39, 0.29) is 12.0 Å². The summed E-state index contributed by atoms with van der Waals surface area (Å²) in [5, 5.41) is 0. The molecule has 0 radical (unpaired) electrons. The first kappa shape index (κ1) is 15.6. The molecule has 1 aliphatic heterocycles. The molecule has 0 saturated carbocycles. The van der Waals surface area contributed by atoms with Crippen molar-refractivity contribution in [1.82, 2.24) is 4.98 Å². The van der Waals surface area contributed by atoms with Gasteiger partial charge >= 0.3 is 0 Å². The molecular weight excluding hydrogens is 299 g/mol. The molecule has 0 N–H and O–H groups in total. The van der Waals surface area contributed by atoms with E-state index in [0.717, 1.165) is 23.2 Å². The van der Waals surface area contributed by atoms with E-state index >= 15 is 0 Å². The average molecular weight is 318 g/mol. The van der Waals surface area contributed by atoms with Crippen LogP contribution < -0.4 is 14.4 Å². The number of pyridine rings is 1. The summed E-state index contributed by atoms with van der Waals surface area (Å²) < 4.78 is 29.8. The van der Waals surface area contributed by atoms with Crippen LogP contribution in [0.5, 0.6) is 11.6 Å². The highest BCUT2D eigenvalue weighted by molar-refractivity contribution is 5.54. The maximum atomic E-state index is 13.8. The van der Waals surface area contributed by atoms with Crippen LogP contribution in [0.2, 0.25) is 0 Å². The number of benzene rings is 1. The van der Waals surface area contributed by atoms with Crippen LogP contribution in [0.25, 0.3) is 0 Å². The van der Waals surface area contributed by atoms with Crippen molar-refractivity contribution >= 4 is 5.69 Å². The van der Waals surface area contributed by atoms with E-state index in [0.29, 0.717) is 18.2 Å². The van der Waals surface area contributed by atoms with E-state index in [1.165, 1.54) is 19.2 Å². The molecule has 23 heavy (non-hydrogen) atoms. The molecule has 0 saturated heterocycles. The summed E-state index contributed by atoms with van der Waals surface area (Å²) >= 11 is 0. The van der Waals surface area contributed by atoms with E-state index in [9.17, 15) is 4.39 Å². The number of nitrogens with zero attached hydrogens (tertiary/aromatic N) is 2. The second-order valence-electron chi connectivity index (χ2n) is 5.31. The Morgan fingerprint density at radius 2 is 1.96 bits per heavy atom. The summed E-state index contributed by atoms with van der Waals surface area (Å²) in [4.78, 5) is 6.26. The molecule has 0 amide bonds. The van der Waals surface area contributed by atoms with Crippen LogP contribution in [0.1, 0.15) is 17.4 Å². The van der Waals surface area contributed by atoms with Gasteiger partial charge in [0.15, 0.2) is 6.23 Å². The molecule has 2 aromatic rings. The number of hydrogen-bond donors (Lipinski definition) is 0. The van der Waals surface area contributed by atoms with Crippen molar-refractivity contribution in [2.45, 2.75) is 12.6 Å². The third kappa shape index (κ3) is 2.94. The van der Waals surface area contributed by atoms with Gasteiger partial charge in [0.2, 0.25) is 5.88 Å². The number of aromatic nitrogens is 1. The lowest BCUT2D eigenvalue weighted by Gasteiger charge is -2.37. The van der Waals surface area contributed by atoms with Gasteiger partial charge in [-0.15, -0.1) is 0 Å². The first-order valence-electron chi connectivity index (χ1n) is 7.33. The maximum Gasteiger partial charge on any atom is 0.213 e. The fourth-order valence-electron chi connectivity index (χ4n) is 2.91. The van der Waals surface area contributed by atoms with Gasteiger partial charge in [-0.3, -0.25) is 0 Å². The average Bonchev–Trinajstić information content (AvgIpc) is 2.59. The summed E-state index contributed by atoms with van der Waals surface area (Å²) in [6.07, 6.45) is 2.22. The molecule has 0 spiro atoms. The van der Waals surface area contributed by atoms with Gasteiger partial charge in [0, 0.05) is 49.3 Å². The van der Waals surface area contributed by atoms with Gasteiger partial charge < -0.3 is 19.1 Å². The minimum absolute atomic E-state index is 0.330. The van der Waals surface area contributed by atoms with Crippen LogP contribution >= 0.6 is 0 Å². The van der Waals surface area contributed by atoms with Crippen molar-refractivity contribution in [2.75, 3.05) is 32.8 Å². The first-order valence-corrected chi connectivity index (χ1v) is 7.33. The normalized spacial score (nSPS) is 16.9.